The van der Waals surface area contributed by atoms with Crippen LogP contribution in [0.2, 0.25) is 0 Å². The highest BCUT2D eigenvalue weighted by Gasteiger charge is 2.13. The molecule has 0 radical (unpaired) electrons. The van der Waals surface area contributed by atoms with Crippen molar-refractivity contribution in [3.63, 3.8) is 0 Å². The molecular weight excluding hydrogens is 342 g/mol. The Hall–Kier alpha value is -2.76. The molecule has 1 aromatic heterocycles. The van der Waals surface area contributed by atoms with E-state index in [4.69, 9.17) is 9.47 Å². The number of anilines is 1. The molecule has 0 saturated carbocycles. The first-order chi connectivity index (χ1) is 13.2. The Morgan fingerprint density at radius 2 is 1.89 bits per heavy atom. The molecule has 0 unspecified atom stereocenters. The van der Waals surface area contributed by atoms with E-state index >= 15 is 0 Å². The molecule has 1 aliphatic rings. The predicted molar refractivity (Wildman–Crippen MR) is 105 cm³/mol. The molecule has 144 valence electrons. The molecule has 1 aliphatic heterocycles. The number of ether oxygens (including phenoxy) is 2. The molecule has 3 rings (SSSR count). The first kappa shape index (κ1) is 19.0. The van der Waals surface area contributed by atoms with E-state index in [1.54, 1.807) is 7.11 Å². The monoisotopic (exact) mass is 369 g/mol. The maximum Gasteiger partial charge on any atom is 0.220 e. The van der Waals surface area contributed by atoms with Crippen LogP contribution in [0, 0.1) is 0 Å². The third-order valence-corrected chi connectivity index (χ3v) is 4.61. The van der Waals surface area contributed by atoms with Gasteiger partial charge in [0.1, 0.15) is 17.3 Å². The predicted octanol–water partition coefficient (Wildman–Crippen LogP) is 3.17. The summed E-state index contributed by atoms with van der Waals surface area (Å²) in [5, 5.41) is 2.97. The summed E-state index contributed by atoms with van der Waals surface area (Å²) in [7, 11) is 1.63. The summed E-state index contributed by atoms with van der Waals surface area (Å²) >= 11 is 0. The molecule has 0 spiro atoms. The van der Waals surface area contributed by atoms with E-state index < -0.39 is 0 Å². The summed E-state index contributed by atoms with van der Waals surface area (Å²) in [6.07, 6.45) is 5.38. The normalized spacial score (nSPS) is 13.4. The van der Waals surface area contributed by atoms with Gasteiger partial charge in [-0.1, -0.05) is 0 Å². The Morgan fingerprint density at radius 3 is 2.63 bits per heavy atom. The van der Waals surface area contributed by atoms with Crippen molar-refractivity contribution in [1.82, 2.24) is 10.3 Å². The first-order valence-electron chi connectivity index (χ1n) is 9.48. The van der Waals surface area contributed by atoms with Crippen LogP contribution in [0.1, 0.15) is 31.2 Å². The smallest absolute Gasteiger partial charge is 0.220 e. The van der Waals surface area contributed by atoms with Crippen molar-refractivity contribution in [3.8, 4) is 11.5 Å². The van der Waals surface area contributed by atoms with Gasteiger partial charge in [0.25, 0.3) is 0 Å². The topological polar surface area (TPSA) is 63.7 Å². The maximum absolute atomic E-state index is 12.0. The average molecular weight is 369 g/mol. The minimum atomic E-state index is 0.0351. The lowest BCUT2D eigenvalue weighted by atomic mass is 10.2. The lowest BCUT2D eigenvalue weighted by Gasteiger charge is -2.17. The molecule has 6 heteroatoms. The van der Waals surface area contributed by atoms with Gasteiger partial charge < -0.3 is 19.7 Å². The number of benzene rings is 1. The molecule has 2 heterocycles. The third-order valence-electron chi connectivity index (χ3n) is 4.61. The Labute approximate surface area is 160 Å². The number of methoxy groups -OCH3 is 1. The minimum Gasteiger partial charge on any atom is -0.497 e. The lowest BCUT2D eigenvalue weighted by Crippen LogP contribution is -2.23. The molecule has 1 saturated heterocycles. The summed E-state index contributed by atoms with van der Waals surface area (Å²) in [6, 6.07) is 11.5. The van der Waals surface area contributed by atoms with Crippen LogP contribution in [0.5, 0.6) is 11.5 Å². The molecule has 1 fully saturated rings. The minimum absolute atomic E-state index is 0.0351. The molecule has 0 bridgehead atoms. The van der Waals surface area contributed by atoms with Crippen molar-refractivity contribution in [2.75, 3.05) is 31.7 Å². The number of carbonyl (C=O) groups excluding carboxylic acids is 1. The van der Waals surface area contributed by atoms with Gasteiger partial charge in [-0.15, -0.1) is 0 Å². The Morgan fingerprint density at radius 1 is 1.15 bits per heavy atom. The fourth-order valence-corrected chi connectivity index (χ4v) is 3.07. The Kier molecular flexibility index (Phi) is 6.90. The quantitative estimate of drug-likeness (QED) is 0.688. The Bertz CT molecular complexity index is 728. The third kappa shape index (κ3) is 5.88. The summed E-state index contributed by atoms with van der Waals surface area (Å²) in [5.41, 5.74) is 1.08. The van der Waals surface area contributed by atoms with Crippen molar-refractivity contribution in [2.24, 2.45) is 0 Å². The van der Waals surface area contributed by atoms with Crippen LogP contribution in [-0.2, 0) is 11.3 Å². The van der Waals surface area contributed by atoms with Gasteiger partial charge in [0.2, 0.25) is 5.91 Å². The highest BCUT2D eigenvalue weighted by molar-refractivity contribution is 5.75. The number of amides is 1. The van der Waals surface area contributed by atoms with Gasteiger partial charge in [0.05, 0.1) is 13.7 Å². The van der Waals surface area contributed by atoms with Gasteiger partial charge in [0, 0.05) is 32.3 Å². The highest BCUT2D eigenvalue weighted by Crippen LogP contribution is 2.19. The fraction of sp³-hybridized carbons (Fsp3) is 0.429. The van der Waals surface area contributed by atoms with Gasteiger partial charge in [-0.2, -0.15) is 0 Å². The number of hydrogen-bond acceptors (Lipinski definition) is 5. The molecule has 1 amide bonds. The van der Waals surface area contributed by atoms with Crippen LogP contribution in [0.25, 0.3) is 0 Å². The molecule has 0 atom stereocenters. The molecule has 6 nitrogen and oxygen atoms in total. The molecule has 2 aromatic rings. The zero-order chi connectivity index (χ0) is 18.9. The van der Waals surface area contributed by atoms with E-state index in [9.17, 15) is 4.79 Å². The van der Waals surface area contributed by atoms with Crippen molar-refractivity contribution < 1.29 is 14.3 Å². The summed E-state index contributed by atoms with van der Waals surface area (Å²) < 4.78 is 10.8. The van der Waals surface area contributed by atoms with E-state index in [2.05, 4.69) is 21.3 Å². The number of rotatable bonds is 9. The van der Waals surface area contributed by atoms with Crippen LogP contribution in [-0.4, -0.2) is 37.7 Å². The SMILES string of the molecule is COc1ccc(OCCCC(=O)NCc2ccnc(N3CCCC3)c2)cc1. The zero-order valence-electron chi connectivity index (χ0n) is 15.8. The fourth-order valence-electron chi connectivity index (χ4n) is 3.07. The number of aromatic nitrogens is 1. The van der Waals surface area contributed by atoms with Crippen LogP contribution < -0.4 is 19.7 Å². The van der Waals surface area contributed by atoms with E-state index in [0.717, 1.165) is 36.0 Å². The largest absolute Gasteiger partial charge is 0.497 e. The second-order valence-corrected chi connectivity index (χ2v) is 6.62. The van der Waals surface area contributed by atoms with Crippen molar-refractivity contribution in [1.29, 1.82) is 0 Å². The number of hydrogen-bond donors (Lipinski definition) is 1. The number of carbonyl (C=O) groups is 1. The molecule has 1 aromatic carbocycles. The van der Waals surface area contributed by atoms with Crippen LogP contribution in [0.4, 0.5) is 5.82 Å². The van der Waals surface area contributed by atoms with Crippen molar-refractivity contribution >= 4 is 11.7 Å². The summed E-state index contributed by atoms with van der Waals surface area (Å²) in [5.74, 6) is 2.62. The standard InChI is InChI=1S/C21H27N3O3/c1-26-18-6-8-19(9-7-18)27-14-4-5-21(25)23-16-17-10-11-22-20(15-17)24-12-2-3-13-24/h6-11,15H,2-5,12-14,16H2,1H3,(H,23,25). The number of pyridine rings is 1. The van der Waals surface area contributed by atoms with Crippen LogP contribution in [0.3, 0.4) is 0 Å². The van der Waals surface area contributed by atoms with E-state index in [1.807, 2.05) is 36.5 Å². The molecular formula is C21H27N3O3. The van der Waals surface area contributed by atoms with Gasteiger partial charge in [-0.05, 0) is 61.2 Å². The Balaban J connectivity index is 1.35. The molecule has 27 heavy (non-hydrogen) atoms. The number of nitrogens with zero attached hydrogens (tertiary/aromatic N) is 2. The van der Waals surface area contributed by atoms with E-state index in [0.29, 0.717) is 26.0 Å². The maximum atomic E-state index is 12.0. The van der Waals surface area contributed by atoms with Crippen LogP contribution in [0.15, 0.2) is 42.6 Å². The van der Waals surface area contributed by atoms with E-state index in [1.165, 1.54) is 12.8 Å². The average Bonchev–Trinajstić information content (AvgIpc) is 3.25. The lowest BCUT2D eigenvalue weighted by molar-refractivity contribution is -0.121. The second kappa shape index (κ2) is 9.80. The first-order valence-corrected chi connectivity index (χ1v) is 9.48. The second-order valence-electron chi connectivity index (χ2n) is 6.62. The molecule has 0 aliphatic carbocycles. The summed E-state index contributed by atoms with van der Waals surface area (Å²) in [6.45, 7) is 3.17. The zero-order valence-corrected chi connectivity index (χ0v) is 15.8. The van der Waals surface area contributed by atoms with Gasteiger partial charge in [-0.25, -0.2) is 4.98 Å². The number of nitrogens with one attached hydrogen (secondary N) is 1. The van der Waals surface area contributed by atoms with Crippen molar-refractivity contribution in [2.45, 2.75) is 32.2 Å². The van der Waals surface area contributed by atoms with Gasteiger partial charge in [-0.3, -0.25) is 4.79 Å². The van der Waals surface area contributed by atoms with Crippen LogP contribution >= 0.6 is 0 Å². The van der Waals surface area contributed by atoms with E-state index in [-0.39, 0.29) is 5.91 Å². The van der Waals surface area contributed by atoms with Gasteiger partial charge >= 0.3 is 0 Å². The molecule has 1 N–H and O–H groups in total. The van der Waals surface area contributed by atoms with Crippen molar-refractivity contribution in [3.05, 3.63) is 48.2 Å². The van der Waals surface area contributed by atoms with Gasteiger partial charge in [0.15, 0.2) is 0 Å². The highest BCUT2D eigenvalue weighted by atomic mass is 16.5. The summed E-state index contributed by atoms with van der Waals surface area (Å²) in [4.78, 5) is 18.8.